The minimum atomic E-state index is -3.57. The molecule has 0 atom stereocenters. The molecule has 6 nitrogen and oxygen atoms in total. The highest BCUT2D eigenvalue weighted by atomic mass is 32.2. The predicted octanol–water partition coefficient (Wildman–Crippen LogP) is 2.49. The van der Waals surface area contributed by atoms with Crippen molar-refractivity contribution in [3.05, 3.63) is 41.8 Å². The van der Waals surface area contributed by atoms with Crippen LogP contribution in [0.4, 0.5) is 5.69 Å². The molecule has 0 aliphatic heterocycles. The van der Waals surface area contributed by atoms with Crippen molar-refractivity contribution in [1.82, 2.24) is 9.88 Å². The van der Waals surface area contributed by atoms with E-state index < -0.39 is 10.0 Å². The molecule has 2 aromatic rings. The van der Waals surface area contributed by atoms with Crippen LogP contribution in [0.1, 0.15) is 24.8 Å². The Morgan fingerprint density at radius 2 is 1.91 bits per heavy atom. The van der Waals surface area contributed by atoms with Crippen LogP contribution >= 0.6 is 0 Å². The van der Waals surface area contributed by atoms with Gasteiger partial charge in [0, 0.05) is 25.3 Å². The summed E-state index contributed by atoms with van der Waals surface area (Å²) in [5.41, 5.74) is 1.53. The maximum atomic E-state index is 12.3. The Bertz CT molecular complexity index is 707. The summed E-state index contributed by atoms with van der Waals surface area (Å²) in [6.45, 7) is 7.34. The molecule has 0 saturated carbocycles. The summed E-state index contributed by atoms with van der Waals surface area (Å²) < 4.78 is 32.1. The summed E-state index contributed by atoms with van der Waals surface area (Å²) in [6.07, 6.45) is 0.714. The standard InChI is InChI=1S/C16H23N3O3S/c1-4-19(15-9-6-5-7-10-15)12-8-11-17-23(20,21)16-13(2)18-22-14(16)3/h5-7,9-10,17H,4,8,11-12H2,1-3H3. The normalized spacial score (nSPS) is 11.6. The molecule has 126 valence electrons. The lowest BCUT2D eigenvalue weighted by molar-refractivity contribution is 0.390. The van der Waals surface area contributed by atoms with Gasteiger partial charge < -0.3 is 9.42 Å². The van der Waals surface area contributed by atoms with Crippen molar-refractivity contribution in [1.29, 1.82) is 0 Å². The van der Waals surface area contributed by atoms with Gasteiger partial charge in [0.05, 0.1) is 0 Å². The molecule has 23 heavy (non-hydrogen) atoms. The third-order valence-corrected chi connectivity index (χ3v) is 5.34. The molecule has 1 N–H and O–H groups in total. The van der Waals surface area contributed by atoms with Gasteiger partial charge in [0.2, 0.25) is 10.0 Å². The lowest BCUT2D eigenvalue weighted by Crippen LogP contribution is -2.30. The second kappa shape index (κ2) is 7.61. The predicted molar refractivity (Wildman–Crippen MR) is 90.1 cm³/mol. The third-order valence-electron chi connectivity index (χ3n) is 3.64. The molecule has 0 fully saturated rings. The number of sulfonamides is 1. The van der Waals surface area contributed by atoms with Gasteiger partial charge in [-0.15, -0.1) is 0 Å². The number of benzene rings is 1. The Balaban J connectivity index is 1.90. The maximum absolute atomic E-state index is 12.3. The van der Waals surface area contributed by atoms with Gasteiger partial charge in [0.15, 0.2) is 5.76 Å². The highest BCUT2D eigenvalue weighted by molar-refractivity contribution is 7.89. The highest BCUT2D eigenvalue weighted by Gasteiger charge is 2.23. The number of aromatic nitrogens is 1. The molecule has 0 radical (unpaired) electrons. The first-order valence-electron chi connectivity index (χ1n) is 7.68. The summed E-state index contributed by atoms with van der Waals surface area (Å²) in [6, 6.07) is 10.1. The number of aryl methyl sites for hydroxylation is 2. The van der Waals surface area contributed by atoms with Gasteiger partial charge in [-0.05, 0) is 39.3 Å². The van der Waals surface area contributed by atoms with Crippen LogP contribution in [0.3, 0.4) is 0 Å². The van der Waals surface area contributed by atoms with E-state index in [0.717, 1.165) is 18.8 Å². The van der Waals surface area contributed by atoms with Crippen LogP contribution in [-0.2, 0) is 10.0 Å². The van der Waals surface area contributed by atoms with Crippen molar-refractivity contribution < 1.29 is 12.9 Å². The minimum Gasteiger partial charge on any atom is -0.372 e. The monoisotopic (exact) mass is 337 g/mol. The largest absolute Gasteiger partial charge is 0.372 e. The number of nitrogens with zero attached hydrogens (tertiary/aromatic N) is 2. The number of nitrogens with one attached hydrogen (secondary N) is 1. The molecule has 7 heteroatoms. The van der Waals surface area contributed by atoms with E-state index in [1.54, 1.807) is 13.8 Å². The first kappa shape index (κ1) is 17.5. The Labute approximate surface area is 137 Å². The lowest BCUT2D eigenvalue weighted by Gasteiger charge is -2.23. The number of hydrogen-bond donors (Lipinski definition) is 1. The molecule has 2 rings (SSSR count). The topological polar surface area (TPSA) is 75.4 Å². The van der Waals surface area contributed by atoms with Crippen molar-refractivity contribution in [3.8, 4) is 0 Å². The zero-order valence-corrected chi connectivity index (χ0v) is 14.6. The Morgan fingerprint density at radius 1 is 1.22 bits per heavy atom. The van der Waals surface area contributed by atoms with Crippen LogP contribution in [0.2, 0.25) is 0 Å². The number of rotatable bonds is 8. The van der Waals surface area contributed by atoms with E-state index in [1.165, 1.54) is 0 Å². The fourth-order valence-electron chi connectivity index (χ4n) is 2.52. The molecular formula is C16H23N3O3S. The molecule has 0 saturated heterocycles. The van der Waals surface area contributed by atoms with Crippen LogP contribution in [-0.4, -0.2) is 33.2 Å². The molecule has 0 spiro atoms. The summed E-state index contributed by atoms with van der Waals surface area (Å²) >= 11 is 0. The molecule has 0 aliphatic rings. The van der Waals surface area contributed by atoms with Gasteiger partial charge >= 0.3 is 0 Å². The van der Waals surface area contributed by atoms with Gasteiger partial charge in [0.25, 0.3) is 0 Å². The molecule has 0 amide bonds. The number of anilines is 1. The lowest BCUT2D eigenvalue weighted by atomic mass is 10.2. The maximum Gasteiger partial charge on any atom is 0.245 e. The number of para-hydroxylation sites is 1. The van der Waals surface area contributed by atoms with E-state index in [2.05, 4.69) is 33.8 Å². The zero-order valence-electron chi connectivity index (χ0n) is 13.7. The smallest absolute Gasteiger partial charge is 0.245 e. The van der Waals surface area contributed by atoms with Crippen LogP contribution in [0.5, 0.6) is 0 Å². The van der Waals surface area contributed by atoms with Gasteiger partial charge in [0.1, 0.15) is 10.6 Å². The van der Waals surface area contributed by atoms with Gasteiger partial charge in [-0.2, -0.15) is 0 Å². The van der Waals surface area contributed by atoms with Gasteiger partial charge in [-0.3, -0.25) is 0 Å². The first-order chi connectivity index (χ1) is 11.0. The van der Waals surface area contributed by atoms with Crippen molar-refractivity contribution >= 4 is 15.7 Å². The summed E-state index contributed by atoms with van der Waals surface area (Å²) in [7, 11) is -3.57. The third kappa shape index (κ3) is 4.33. The fourth-order valence-corrected chi connectivity index (χ4v) is 3.91. The quantitative estimate of drug-likeness (QED) is 0.749. The van der Waals surface area contributed by atoms with Crippen LogP contribution in [0.15, 0.2) is 39.8 Å². The fraction of sp³-hybridized carbons (Fsp3) is 0.438. The first-order valence-corrected chi connectivity index (χ1v) is 9.16. The Kier molecular flexibility index (Phi) is 5.79. The molecular weight excluding hydrogens is 314 g/mol. The molecule has 1 aromatic heterocycles. The summed E-state index contributed by atoms with van der Waals surface area (Å²) in [5, 5.41) is 3.69. The van der Waals surface area contributed by atoms with Crippen molar-refractivity contribution in [2.75, 3.05) is 24.5 Å². The molecule has 0 bridgehead atoms. The molecule has 1 aromatic carbocycles. The van der Waals surface area contributed by atoms with Gasteiger partial charge in [-0.25, -0.2) is 13.1 Å². The average Bonchev–Trinajstić information content (AvgIpc) is 2.88. The van der Waals surface area contributed by atoms with Crippen LogP contribution in [0.25, 0.3) is 0 Å². The van der Waals surface area contributed by atoms with E-state index in [1.807, 2.05) is 18.2 Å². The summed E-state index contributed by atoms with van der Waals surface area (Å²) in [5.74, 6) is 0.314. The van der Waals surface area contributed by atoms with E-state index in [9.17, 15) is 8.42 Å². The average molecular weight is 337 g/mol. The second-order valence-electron chi connectivity index (χ2n) is 5.32. The minimum absolute atomic E-state index is 0.146. The van der Waals surface area contributed by atoms with Crippen LogP contribution in [0, 0.1) is 13.8 Å². The Morgan fingerprint density at radius 3 is 2.48 bits per heavy atom. The second-order valence-corrected chi connectivity index (χ2v) is 7.02. The SMILES string of the molecule is CCN(CCCNS(=O)(=O)c1c(C)noc1C)c1ccccc1. The molecule has 1 heterocycles. The zero-order chi connectivity index (χ0) is 16.9. The van der Waals surface area contributed by atoms with Crippen molar-refractivity contribution in [3.63, 3.8) is 0 Å². The number of hydrogen-bond acceptors (Lipinski definition) is 5. The van der Waals surface area contributed by atoms with E-state index in [0.29, 0.717) is 24.4 Å². The van der Waals surface area contributed by atoms with Gasteiger partial charge in [-0.1, -0.05) is 23.4 Å². The summed E-state index contributed by atoms with van der Waals surface area (Å²) in [4.78, 5) is 2.36. The molecule has 0 aliphatic carbocycles. The van der Waals surface area contributed by atoms with Crippen molar-refractivity contribution in [2.24, 2.45) is 0 Å². The highest BCUT2D eigenvalue weighted by Crippen LogP contribution is 2.18. The Hall–Kier alpha value is -1.86. The molecule has 0 unspecified atom stereocenters. The van der Waals surface area contributed by atoms with E-state index in [4.69, 9.17) is 4.52 Å². The van der Waals surface area contributed by atoms with E-state index >= 15 is 0 Å². The van der Waals surface area contributed by atoms with E-state index in [-0.39, 0.29) is 4.90 Å². The van der Waals surface area contributed by atoms with Crippen molar-refractivity contribution in [2.45, 2.75) is 32.1 Å². The van der Waals surface area contributed by atoms with Crippen LogP contribution < -0.4 is 9.62 Å².